The van der Waals surface area contributed by atoms with Crippen LogP contribution in [-0.2, 0) is 11.2 Å². The number of rotatable bonds is 5. The highest BCUT2D eigenvalue weighted by Crippen LogP contribution is 2.25. The molecule has 0 aliphatic heterocycles. The predicted molar refractivity (Wildman–Crippen MR) is 73.2 cm³/mol. The van der Waals surface area contributed by atoms with Gasteiger partial charge in [-0.05, 0) is 30.2 Å². The van der Waals surface area contributed by atoms with E-state index in [1.807, 2.05) is 42.5 Å². The fourth-order valence-corrected chi connectivity index (χ4v) is 2.63. The lowest BCUT2D eigenvalue weighted by Crippen LogP contribution is -2.27. The van der Waals surface area contributed by atoms with E-state index < -0.39 is 0 Å². The number of nitrogens with zero attached hydrogens (tertiary/aromatic N) is 1. The van der Waals surface area contributed by atoms with Crippen LogP contribution in [0.1, 0.15) is 5.56 Å². The lowest BCUT2D eigenvalue weighted by atomic mass is 10.1. The minimum atomic E-state index is -0.298. The fourth-order valence-electron chi connectivity index (χ4n) is 1.60. The highest BCUT2D eigenvalue weighted by Gasteiger charge is 2.17. The Morgan fingerprint density at radius 2 is 2.00 bits per heavy atom. The summed E-state index contributed by atoms with van der Waals surface area (Å²) < 4.78 is 0. The van der Waals surface area contributed by atoms with Gasteiger partial charge in [-0.3, -0.25) is 9.78 Å². The van der Waals surface area contributed by atoms with Crippen molar-refractivity contribution in [1.82, 2.24) is 4.98 Å². The molecular formula is C14H14N2OS. The van der Waals surface area contributed by atoms with E-state index in [9.17, 15) is 4.79 Å². The zero-order valence-corrected chi connectivity index (χ0v) is 10.6. The molecule has 1 amide bonds. The zero-order chi connectivity index (χ0) is 12.8. The summed E-state index contributed by atoms with van der Waals surface area (Å²) in [6.45, 7) is 0. The Hall–Kier alpha value is -1.81. The SMILES string of the molecule is NC(=O)C(Cc1cccnc1)Sc1ccccc1. The van der Waals surface area contributed by atoms with Crippen LogP contribution in [0.25, 0.3) is 0 Å². The molecule has 18 heavy (non-hydrogen) atoms. The molecule has 3 nitrogen and oxygen atoms in total. The summed E-state index contributed by atoms with van der Waals surface area (Å²) in [6.07, 6.45) is 4.08. The molecule has 1 atom stereocenters. The van der Waals surface area contributed by atoms with Crippen molar-refractivity contribution in [2.45, 2.75) is 16.6 Å². The average Bonchev–Trinajstić information content (AvgIpc) is 2.40. The maximum absolute atomic E-state index is 11.5. The van der Waals surface area contributed by atoms with E-state index in [4.69, 9.17) is 5.73 Å². The van der Waals surface area contributed by atoms with Crippen molar-refractivity contribution in [3.05, 3.63) is 60.4 Å². The van der Waals surface area contributed by atoms with Crippen molar-refractivity contribution in [3.8, 4) is 0 Å². The molecule has 0 aliphatic carbocycles. The molecule has 0 spiro atoms. The molecule has 2 N–H and O–H groups in total. The van der Waals surface area contributed by atoms with Gasteiger partial charge in [-0.2, -0.15) is 0 Å². The molecule has 0 fully saturated rings. The molecule has 1 aromatic heterocycles. The van der Waals surface area contributed by atoms with Crippen molar-refractivity contribution in [1.29, 1.82) is 0 Å². The quantitative estimate of drug-likeness (QED) is 0.837. The van der Waals surface area contributed by atoms with Crippen molar-refractivity contribution in [3.63, 3.8) is 0 Å². The first-order valence-electron chi connectivity index (χ1n) is 5.65. The monoisotopic (exact) mass is 258 g/mol. The predicted octanol–water partition coefficient (Wildman–Crippen LogP) is 2.27. The molecule has 1 aromatic carbocycles. The van der Waals surface area contributed by atoms with Crippen molar-refractivity contribution < 1.29 is 4.79 Å². The van der Waals surface area contributed by atoms with Gasteiger partial charge in [0.25, 0.3) is 0 Å². The number of amides is 1. The summed E-state index contributed by atoms with van der Waals surface area (Å²) in [5.41, 5.74) is 6.47. The number of carbonyl (C=O) groups is 1. The topological polar surface area (TPSA) is 56.0 Å². The van der Waals surface area contributed by atoms with Crippen LogP contribution in [0.3, 0.4) is 0 Å². The summed E-state index contributed by atoms with van der Waals surface area (Å²) in [7, 11) is 0. The second-order valence-electron chi connectivity index (χ2n) is 3.89. The number of thioether (sulfide) groups is 1. The number of nitrogens with two attached hydrogens (primary N) is 1. The Bertz CT molecular complexity index is 460. The first-order chi connectivity index (χ1) is 8.75. The van der Waals surface area contributed by atoms with Crippen LogP contribution < -0.4 is 5.73 Å². The van der Waals surface area contributed by atoms with Crippen molar-refractivity contribution >= 4 is 17.7 Å². The van der Waals surface area contributed by atoms with Gasteiger partial charge >= 0.3 is 0 Å². The Kier molecular flexibility index (Phi) is 4.36. The molecule has 0 radical (unpaired) electrons. The number of aromatic nitrogens is 1. The van der Waals surface area contributed by atoms with E-state index in [1.54, 1.807) is 12.4 Å². The highest BCUT2D eigenvalue weighted by molar-refractivity contribution is 8.00. The number of primary amides is 1. The fraction of sp³-hybridized carbons (Fsp3) is 0.143. The van der Waals surface area contributed by atoms with Crippen LogP contribution >= 0.6 is 11.8 Å². The maximum atomic E-state index is 11.5. The van der Waals surface area contributed by atoms with Gasteiger partial charge in [0.1, 0.15) is 0 Å². The number of carbonyl (C=O) groups excluding carboxylic acids is 1. The van der Waals surface area contributed by atoms with Crippen LogP contribution in [0, 0.1) is 0 Å². The van der Waals surface area contributed by atoms with Gasteiger partial charge in [-0.15, -0.1) is 11.8 Å². The third kappa shape index (κ3) is 3.60. The van der Waals surface area contributed by atoms with Crippen LogP contribution in [0.5, 0.6) is 0 Å². The van der Waals surface area contributed by atoms with Gasteiger partial charge in [0, 0.05) is 17.3 Å². The third-order valence-corrected chi connectivity index (χ3v) is 3.71. The summed E-state index contributed by atoms with van der Waals surface area (Å²) in [5.74, 6) is -0.298. The molecule has 0 saturated carbocycles. The minimum Gasteiger partial charge on any atom is -0.369 e. The van der Waals surface area contributed by atoms with Gasteiger partial charge in [0.05, 0.1) is 5.25 Å². The second kappa shape index (κ2) is 6.21. The summed E-state index contributed by atoms with van der Waals surface area (Å²) >= 11 is 1.49. The number of hydrogen-bond acceptors (Lipinski definition) is 3. The largest absolute Gasteiger partial charge is 0.369 e. The summed E-state index contributed by atoms with van der Waals surface area (Å²) in [5, 5.41) is -0.267. The lowest BCUT2D eigenvalue weighted by molar-refractivity contribution is -0.117. The smallest absolute Gasteiger partial charge is 0.231 e. The van der Waals surface area contributed by atoms with Crippen LogP contribution in [0.4, 0.5) is 0 Å². The third-order valence-electron chi connectivity index (χ3n) is 2.48. The van der Waals surface area contributed by atoms with Gasteiger partial charge in [-0.25, -0.2) is 0 Å². The van der Waals surface area contributed by atoms with Gasteiger partial charge < -0.3 is 5.73 Å². The summed E-state index contributed by atoms with van der Waals surface area (Å²) in [6, 6.07) is 13.6. The molecule has 2 rings (SSSR count). The molecule has 0 saturated heterocycles. The molecule has 4 heteroatoms. The first-order valence-corrected chi connectivity index (χ1v) is 6.53. The van der Waals surface area contributed by atoms with Crippen molar-refractivity contribution in [2.24, 2.45) is 5.73 Å². The van der Waals surface area contributed by atoms with E-state index >= 15 is 0 Å². The molecule has 0 aliphatic rings. The van der Waals surface area contributed by atoms with E-state index in [-0.39, 0.29) is 11.2 Å². The van der Waals surface area contributed by atoms with E-state index in [1.165, 1.54) is 11.8 Å². The highest BCUT2D eigenvalue weighted by atomic mass is 32.2. The second-order valence-corrected chi connectivity index (χ2v) is 5.16. The van der Waals surface area contributed by atoms with Crippen molar-refractivity contribution in [2.75, 3.05) is 0 Å². The zero-order valence-electron chi connectivity index (χ0n) is 9.82. The van der Waals surface area contributed by atoms with Gasteiger partial charge in [-0.1, -0.05) is 24.3 Å². The molecule has 1 unspecified atom stereocenters. The van der Waals surface area contributed by atoms with E-state index in [0.29, 0.717) is 6.42 Å². The van der Waals surface area contributed by atoms with E-state index in [0.717, 1.165) is 10.5 Å². The Labute approximate surface area is 110 Å². The van der Waals surface area contributed by atoms with Crippen LogP contribution in [-0.4, -0.2) is 16.1 Å². The molecule has 92 valence electrons. The first kappa shape index (κ1) is 12.6. The maximum Gasteiger partial charge on any atom is 0.231 e. The molecular weight excluding hydrogens is 244 g/mol. The van der Waals surface area contributed by atoms with Gasteiger partial charge in [0.2, 0.25) is 5.91 Å². The molecule has 1 heterocycles. The lowest BCUT2D eigenvalue weighted by Gasteiger charge is -2.12. The average molecular weight is 258 g/mol. The number of pyridine rings is 1. The Morgan fingerprint density at radius 3 is 2.61 bits per heavy atom. The van der Waals surface area contributed by atoms with E-state index in [2.05, 4.69) is 4.98 Å². The Morgan fingerprint density at radius 1 is 1.22 bits per heavy atom. The number of hydrogen-bond donors (Lipinski definition) is 1. The summed E-state index contributed by atoms with van der Waals surface area (Å²) in [4.78, 5) is 16.6. The molecule has 0 bridgehead atoms. The molecule has 2 aromatic rings. The number of benzene rings is 1. The standard InChI is InChI=1S/C14H14N2OS/c15-14(17)13(9-11-5-4-8-16-10-11)18-12-6-2-1-3-7-12/h1-8,10,13H,9H2,(H2,15,17). The Balaban J connectivity index is 2.08. The normalized spacial score (nSPS) is 12.0. The van der Waals surface area contributed by atoms with Crippen LogP contribution in [0.15, 0.2) is 59.8 Å². The van der Waals surface area contributed by atoms with Crippen LogP contribution in [0.2, 0.25) is 0 Å². The van der Waals surface area contributed by atoms with Gasteiger partial charge in [0.15, 0.2) is 0 Å². The minimum absolute atomic E-state index is 0.267.